The molecule has 1 aliphatic rings. The van der Waals surface area contributed by atoms with E-state index in [0.717, 1.165) is 5.56 Å². The fourth-order valence-corrected chi connectivity index (χ4v) is 4.68. The molecule has 3 heterocycles. The van der Waals surface area contributed by atoms with Gasteiger partial charge in [-0.25, -0.2) is 19.4 Å². The number of carbonyl (C=O) groups excluding carboxylic acids is 1. The van der Waals surface area contributed by atoms with Gasteiger partial charge in [0.25, 0.3) is 5.88 Å². The van der Waals surface area contributed by atoms with Crippen LogP contribution in [-0.4, -0.2) is 76.6 Å². The summed E-state index contributed by atoms with van der Waals surface area (Å²) in [4.78, 5) is 20.7. The molecule has 0 saturated heterocycles. The summed E-state index contributed by atoms with van der Waals surface area (Å²) >= 11 is 6.36. The molecule has 0 radical (unpaired) electrons. The van der Waals surface area contributed by atoms with Crippen molar-refractivity contribution in [3.63, 3.8) is 0 Å². The second-order valence-electron chi connectivity index (χ2n) is 11.7. The molecule has 4 aromatic rings. The summed E-state index contributed by atoms with van der Waals surface area (Å²) in [5.41, 5.74) is 0.882. The average molecular weight is 665 g/mol. The van der Waals surface area contributed by atoms with Gasteiger partial charge in [-0.3, -0.25) is 4.68 Å². The number of aromatic nitrogens is 8. The third-order valence-corrected chi connectivity index (χ3v) is 6.92. The molecule has 1 atom stereocenters. The lowest BCUT2D eigenvalue weighted by Gasteiger charge is -2.36. The smallest absolute Gasteiger partial charge is 0.422 e. The van der Waals surface area contributed by atoms with Crippen LogP contribution in [0.25, 0.3) is 11.1 Å². The van der Waals surface area contributed by atoms with Crippen LogP contribution in [0.1, 0.15) is 46.6 Å². The van der Waals surface area contributed by atoms with E-state index in [9.17, 15) is 18.0 Å². The second kappa shape index (κ2) is 13.4. The lowest BCUT2D eigenvalue weighted by atomic mass is 9.87. The van der Waals surface area contributed by atoms with Gasteiger partial charge in [0.2, 0.25) is 5.95 Å². The number of alkyl carbamates (subject to hydrolysis) is 1. The van der Waals surface area contributed by atoms with Crippen LogP contribution in [0.15, 0.2) is 43.1 Å². The number of nitrogens with zero attached hydrogens (tertiary/aromatic N) is 8. The predicted molar refractivity (Wildman–Crippen MR) is 159 cm³/mol. The molecule has 1 aliphatic carbocycles. The van der Waals surface area contributed by atoms with Crippen molar-refractivity contribution in [2.75, 3.05) is 11.9 Å². The van der Waals surface area contributed by atoms with Gasteiger partial charge in [0.05, 0.1) is 23.8 Å². The standard InChI is InChI=1S/C28H32ClF3N10O4/c1-16(12-41-15-35-39-40-41)45-23-7-17(5-6-21(23)29)18-10-33-25(34-11-18)37-22-13-42(38-24(22)44-14-28(30,31)32)20-8-19(9-20)36-26(43)46-27(2,3)4/h5-7,10-11,13,15-16,19-20H,8-9,12,14H2,1-4H3,(H,36,43)(H,33,34,37). The molecule has 18 heteroatoms. The highest BCUT2D eigenvalue weighted by Crippen LogP contribution is 2.37. The molecule has 0 aliphatic heterocycles. The number of benzene rings is 1. The SMILES string of the molecule is CC(Cn1cnnn1)Oc1cc(-c2cnc(Nc3cn(C4CC(NC(=O)OC(C)(C)C)C4)nc3OCC(F)(F)F)nc2)ccc1Cl. The van der Waals surface area contributed by atoms with E-state index in [-0.39, 0.29) is 35.7 Å². The van der Waals surface area contributed by atoms with Crippen LogP contribution in [0.5, 0.6) is 11.6 Å². The number of halogens is 4. The number of alkyl halides is 3. The summed E-state index contributed by atoms with van der Waals surface area (Å²) in [5, 5.41) is 21.4. The number of nitrogens with one attached hydrogen (secondary N) is 2. The van der Waals surface area contributed by atoms with Gasteiger partial charge in [0, 0.05) is 24.0 Å². The first kappa shape index (κ1) is 32.7. The van der Waals surface area contributed by atoms with Gasteiger partial charge in [0.1, 0.15) is 29.5 Å². The van der Waals surface area contributed by atoms with E-state index in [4.69, 9.17) is 25.8 Å². The molecular weight excluding hydrogens is 633 g/mol. The minimum atomic E-state index is -4.56. The van der Waals surface area contributed by atoms with E-state index in [1.165, 1.54) is 21.9 Å². The van der Waals surface area contributed by atoms with Crippen molar-refractivity contribution in [1.29, 1.82) is 0 Å². The van der Waals surface area contributed by atoms with Gasteiger partial charge in [0.15, 0.2) is 6.61 Å². The summed E-state index contributed by atoms with van der Waals surface area (Å²) in [6, 6.07) is 4.88. The number of hydrogen-bond acceptors (Lipinski definition) is 11. The Morgan fingerprint density at radius 3 is 2.54 bits per heavy atom. The lowest BCUT2D eigenvalue weighted by molar-refractivity contribution is -0.154. The normalized spacial score (nSPS) is 17.1. The van der Waals surface area contributed by atoms with Crippen molar-refractivity contribution < 1.29 is 32.2 Å². The van der Waals surface area contributed by atoms with Crippen LogP contribution in [0, 0.1) is 0 Å². The summed E-state index contributed by atoms with van der Waals surface area (Å²) in [7, 11) is 0. The minimum Gasteiger partial charge on any atom is -0.487 e. The molecule has 1 saturated carbocycles. The van der Waals surface area contributed by atoms with Crippen LogP contribution in [0.2, 0.25) is 5.02 Å². The average Bonchev–Trinajstić information content (AvgIpc) is 3.59. The van der Waals surface area contributed by atoms with Gasteiger partial charge in [-0.05, 0) is 68.7 Å². The molecule has 2 N–H and O–H groups in total. The highest BCUT2D eigenvalue weighted by Gasteiger charge is 2.35. The van der Waals surface area contributed by atoms with Crippen LogP contribution < -0.4 is 20.1 Å². The molecule has 1 aromatic carbocycles. The van der Waals surface area contributed by atoms with Crippen LogP contribution in [0.3, 0.4) is 0 Å². The van der Waals surface area contributed by atoms with E-state index in [1.54, 1.807) is 51.4 Å². The maximum atomic E-state index is 13.0. The number of hydrogen-bond donors (Lipinski definition) is 2. The van der Waals surface area contributed by atoms with Crippen molar-refractivity contribution in [2.24, 2.45) is 0 Å². The Morgan fingerprint density at radius 1 is 1.15 bits per heavy atom. The molecule has 1 fully saturated rings. The van der Waals surface area contributed by atoms with Crippen molar-refractivity contribution >= 4 is 29.3 Å². The summed E-state index contributed by atoms with van der Waals surface area (Å²) in [6.45, 7) is 6.03. The topological polar surface area (TPSA) is 156 Å². The van der Waals surface area contributed by atoms with Gasteiger partial charge in [-0.15, -0.1) is 10.2 Å². The molecule has 1 amide bonds. The third kappa shape index (κ3) is 8.95. The van der Waals surface area contributed by atoms with Crippen molar-refractivity contribution in [2.45, 2.75) is 77.0 Å². The number of carbonyl (C=O) groups is 1. The first-order valence-corrected chi connectivity index (χ1v) is 14.6. The Balaban J connectivity index is 1.25. The first-order chi connectivity index (χ1) is 21.7. The maximum absolute atomic E-state index is 13.0. The van der Waals surface area contributed by atoms with Crippen LogP contribution in [-0.2, 0) is 11.3 Å². The molecule has 5 rings (SSSR count). The zero-order valence-electron chi connectivity index (χ0n) is 25.3. The Bertz CT molecular complexity index is 1620. The highest BCUT2D eigenvalue weighted by atomic mass is 35.5. The van der Waals surface area contributed by atoms with Crippen molar-refractivity contribution in [3.05, 3.63) is 48.1 Å². The lowest BCUT2D eigenvalue weighted by Crippen LogP contribution is -2.46. The Kier molecular flexibility index (Phi) is 9.50. The zero-order valence-corrected chi connectivity index (χ0v) is 26.1. The molecular formula is C28H32ClF3N10O4. The number of anilines is 2. The monoisotopic (exact) mass is 664 g/mol. The van der Waals surface area contributed by atoms with E-state index in [2.05, 4.69) is 41.2 Å². The Labute approximate surface area is 266 Å². The molecule has 46 heavy (non-hydrogen) atoms. The fourth-order valence-electron chi connectivity index (χ4n) is 4.52. The van der Waals surface area contributed by atoms with E-state index < -0.39 is 24.5 Å². The summed E-state index contributed by atoms with van der Waals surface area (Å²) in [6.07, 6.45) is 1.73. The molecule has 3 aromatic heterocycles. The molecule has 0 bridgehead atoms. The number of ether oxygens (including phenoxy) is 3. The van der Waals surface area contributed by atoms with Crippen molar-refractivity contribution in [1.82, 2.24) is 45.3 Å². The molecule has 1 unspecified atom stereocenters. The van der Waals surface area contributed by atoms with Gasteiger partial charge in [-0.1, -0.05) is 17.7 Å². The summed E-state index contributed by atoms with van der Waals surface area (Å²) in [5.74, 6) is 0.294. The van der Waals surface area contributed by atoms with E-state index in [0.29, 0.717) is 35.7 Å². The third-order valence-electron chi connectivity index (χ3n) is 6.61. The molecule has 246 valence electrons. The quantitative estimate of drug-likeness (QED) is 0.213. The second-order valence-corrected chi connectivity index (χ2v) is 12.1. The van der Waals surface area contributed by atoms with E-state index in [1.807, 2.05) is 6.92 Å². The minimum absolute atomic E-state index is 0.110. The van der Waals surface area contributed by atoms with E-state index >= 15 is 0 Å². The molecule has 0 spiro atoms. The Hall–Kier alpha value is -4.67. The van der Waals surface area contributed by atoms with Gasteiger partial charge < -0.3 is 24.8 Å². The maximum Gasteiger partial charge on any atom is 0.422 e. The number of amides is 1. The number of tetrazole rings is 1. The van der Waals surface area contributed by atoms with Crippen LogP contribution >= 0.6 is 11.6 Å². The fraction of sp³-hybridized carbons (Fsp3) is 0.464. The predicted octanol–water partition coefficient (Wildman–Crippen LogP) is 5.36. The van der Waals surface area contributed by atoms with Crippen LogP contribution in [0.4, 0.5) is 29.6 Å². The first-order valence-electron chi connectivity index (χ1n) is 14.3. The summed E-state index contributed by atoms with van der Waals surface area (Å²) < 4.78 is 58.2. The van der Waals surface area contributed by atoms with Crippen molar-refractivity contribution in [3.8, 4) is 22.8 Å². The van der Waals surface area contributed by atoms with Gasteiger partial charge >= 0.3 is 12.3 Å². The zero-order chi connectivity index (χ0) is 33.1. The molecule has 14 nitrogen and oxygen atoms in total. The Morgan fingerprint density at radius 2 is 1.89 bits per heavy atom. The number of rotatable bonds is 11. The largest absolute Gasteiger partial charge is 0.487 e. The highest BCUT2D eigenvalue weighted by molar-refractivity contribution is 6.32. The van der Waals surface area contributed by atoms with Gasteiger partial charge in [-0.2, -0.15) is 13.2 Å².